The third-order valence-corrected chi connectivity index (χ3v) is 6.40. The van der Waals surface area contributed by atoms with Crippen molar-refractivity contribution in [2.75, 3.05) is 11.1 Å². The third-order valence-electron chi connectivity index (χ3n) is 4.43. The Labute approximate surface area is 177 Å². The number of hydrogen-bond acceptors (Lipinski definition) is 6. The van der Waals surface area contributed by atoms with Crippen LogP contribution in [0.5, 0.6) is 0 Å². The van der Waals surface area contributed by atoms with Crippen molar-refractivity contribution in [2.24, 2.45) is 0 Å². The van der Waals surface area contributed by atoms with Crippen LogP contribution >= 0.6 is 23.1 Å². The van der Waals surface area contributed by atoms with Crippen LogP contribution in [0.15, 0.2) is 77.1 Å². The Balaban J connectivity index is 1.33. The normalized spacial score (nSPS) is 11.9. The second-order valence-electron chi connectivity index (χ2n) is 6.51. The van der Waals surface area contributed by atoms with Crippen LogP contribution in [-0.2, 0) is 4.79 Å². The van der Waals surface area contributed by atoms with Gasteiger partial charge >= 0.3 is 0 Å². The van der Waals surface area contributed by atoms with Crippen LogP contribution < -0.4 is 10.6 Å². The molecule has 0 bridgehead atoms. The number of nitrogens with zero attached hydrogens (tertiary/aromatic N) is 2. The maximum atomic E-state index is 12.4. The molecule has 1 aromatic heterocycles. The van der Waals surface area contributed by atoms with Gasteiger partial charge in [-0.2, -0.15) is 0 Å². The molecule has 0 aliphatic carbocycles. The molecule has 1 amide bonds. The SMILES string of the molecule is CC(NC(=O)CSc1nnc(Nc2ccccc2)s1)c1cccc2ccccc12. The van der Waals surface area contributed by atoms with E-state index >= 15 is 0 Å². The summed E-state index contributed by atoms with van der Waals surface area (Å²) in [7, 11) is 0. The number of carbonyl (C=O) groups is 1. The first kappa shape index (κ1) is 19.4. The van der Waals surface area contributed by atoms with Crippen LogP contribution in [0, 0.1) is 0 Å². The first-order valence-corrected chi connectivity index (χ1v) is 11.0. The van der Waals surface area contributed by atoms with Crippen LogP contribution in [0.3, 0.4) is 0 Å². The molecule has 0 aliphatic heterocycles. The number of aromatic nitrogens is 2. The Hall–Kier alpha value is -2.90. The van der Waals surface area contributed by atoms with E-state index in [-0.39, 0.29) is 11.9 Å². The zero-order chi connectivity index (χ0) is 20.1. The summed E-state index contributed by atoms with van der Waals surface area (Å²) >= 11 is 2.83. The standard InChI is InChI=1S/C22H20N4OS2/c1-15(18-13-7-9-16-8-5-6-12-19(16)18)23-20(27)14-28-22-26-25-21(29-22)24-17-10-3-2-4-11-17/h2-13,15H,14H2,1H3,(H,23,27)(H,24,25). The van der Waals surface area contributed by atoms with Gasteiger partial charge in [0.05, 0.1) is 11.8 Å². The number of amides is 1. The maximum absolute atomic E-state index is 12.4. The molecule has 146 valence electrons. The summed E-state index contributed by atoms with van der Waals surface area (Å²) in [5.74, 6) is 0.276. The third kappa shape index (κ3) is 4.93. The molecule has 7 heteroatoms. The van der Waals surface area contributed by atoms with Crippen LogP contribution in [0.2, 0.25) is 0 Å². The van der Waals surface area contributed by atoms with Crippen molar-refractivity contribution >= 4 is 50.6 Å². The van der Waals surface area contributed by atoms with Crippen LogP contribution in [-0.4, -0.2) is 21.9 Å². The fourth-order valence-electron chi connectivity index (χ4n) is 3.08. The second-order valence-corrected chi connectivity index (χ2v) is 8.71. The van der Waals surface area contributed by atoms with Crippen molar-refractivity contribution in [3.63, 3.8) is 0 Å². The number of benzene rings is 3. The molecular formula is C22H20N4OS2. The number of fused-ring (bicyclic) bond motifs is 1. The van der Waals surface area contributed by atoms with E-state index in [0.717, 1.165) is 21.0 Å². The molecule has 3 aromatic carbocycles. The molecule has 4 aromatic rings. The van der Waals surface area contributed by atoms with Gasteiger partial charge in [0, 0.05) is 5.69 Å². The fraction of sp³-hybridized carbons (Fsp3) is 0.136. The first-order chi connectivity index (χ1) is 14.2. The Morgan fingerprint density at radius 1 is 1.00 bits per heavy atom. The number of anilines is 2. The lowest BCUT2D eigenvalue weighted by atomic mass is 10.00. The van der Waals surface area contributed by atoms with E-state index in [0.29, 0.717) is 10.9 Å². The summed E-state index contributed by atoms with van der Waals surface area (Å²) in [4.78, 5) is 12.4. The van der Waals surface area contributed by atoms with Gasteiger partial charge < -0.3 is 10.6 Å². The number of rotatable bonds is 7. The predicted molar refractivity (Wildman–Crippen MR) is 121 cm³/mol. The van der Waals surface area contributed by atoms with Gasteiger partial charge in [0.25, 0.3) is 0 Å². The average Bonchev–Trinajstić information content (AvgIpc) is 3.20. The molecule has 0 saturated heterocycles. The molecule has 1 unspecified atom stereocenters. The smallest absolute Gasteiger partial charge is 0.230 e. The van der Waals surface area contributed by atoms with Crippen molar-refractivity contribution < 1.29 is 4.79 Å². The molecule has 0 aliphatic rings. The quantitative estimate of drug-likeness (QED) is 0.392. The van der Waals surface area contributed by atoms with Crippen LogP contribution in [0.1, 0.15) is 18.5 Å². The molecule has 5 nitrogen and oxygen atoms in total. The van der Waals surface area contributed by atoms with Crippen molar-refractivity contribution in [1.82, 2.24) is 15.5 Å². The monoisotopic (exact) mass is 420 g/mol. The minimum absolute atomic E-state index is 0.0248. The summed E-state index contributed by atoms with van der Waals surface area (Å²) in [6, 6.07) is 24.1. The molecular weight excluding hydrogens is 400 g/mol. The number of thioether (sulfide) groups is 1. The van der Waals surface area contributed by atoms with E-state index in [1.54, 1.807) is 0 Å². The highest BCUT2D eigenvalue weighted by Crippen LogP contribution is 2.28. The van der Waals surface area contributed by atoms with E-state index in [1.807, 2.05) is 55.5 Å². The van der Waals surface area contributed by atoms with Crippen molar-refractivity contribution in [1.29, 1.82) is 0 Å². The van der Waals surface area contributed by atoms with Crippen molar-refractivity contribution in [3.8, 4) is 0 Å². The Morgan fingerprint density at radius 2 is 1.76 bits per heavy atom. The van der Waals surface area contributed by atoms with Gasteiger partial charge in [-0.3, -0.25) is 4.79 Å². The molecule has 2 N–H and O–H groups in total. The highest BCUT2D eigenvalue weighted by molar-refractivity contribution is 8.01. The molecule has 0 saturated carbocycles. The summed E-state index contributed by atoms with van der Waals surface area (Å²) in [5, 5.41) is 17.6. The molecule has 1 atom stereocenters. The van der Waals surface area contributed by atoms with E-state index in [9.17, 15) is 4.79 Å². The van der Waals surface area contributed by atoms with Gasteiger partial charge in [0.1, 0.15) is 0 Å². The molecule has 0 spiro atoms. The van der Waals surface area contributed by atoms with E-state index in [2.05, 4.69) is 45.1 Å². The molecule has 4 rings (SSSR count). The lowest BCUT2D eigenvalue weighted by molar-refractivity contribution is -0.119. The number of nitrogens with one attached hydrogen (secondary N) is 2. The van der Waals surface area contributed by atoms with Gasteiger partial charge in [-0.15, -0.1) is 10.2 Å². The summed E-state index contributed by atoms with van der Waals surface area (Å²) in [5.41, 5.74) is 2.08. The zero-order valence-electron chi connectivity index (χ0n) is 15.8. The van der Waals surface area contributed by atoms with Crippen LogP contribution in [0.4, 0.5) is 10.8 Å². The maximum Gasteiger partial charge on any atom is 0.230 e. The van der Waals surface area contributed by atoms with Gasteiger partial charge in [-0.1, -0.05) is 83.8 Å². The van der Waals surface area contributed by atoms with E-state index < -0.39 is 0 Å². The van der Waals surface area contributed by atoms with Gasteiger partial charge in [0.2, 0.25) is 11.0 Å². The van der Waals surface area contributed by atoms with Gasteiger partial charge in [-0.25, -0.2) is 0 Å². The second kappa shape index (κ2) is 9.07. The fourth-order valence-corrected chi connectivity index (χ4v) is 4.66. The zero-order valence-corrected chi connectivity index (χ0v) is 17.5. The van der Waals surface area contributed by atoms with Crippen LogP contribution in [0.25, 0.3) is 10.8 Å². The Morgan fingerprint density at radius 3 is 2.62 bits per heavy atom. The summed E-state index contributed by atoms with van der Waals surface area (Å²) in [6.45, 7) is 2.01. The number of carbonyl (C=O) groups excluding carboxylic acids is 1. The highest BCUT2D eigenvalue weighted by atomic mass is 32.2. The largest absolute Gasteiger partial charge is 0.349 e. The van der Waals surface area contributed by atoms with Gasteiger partial charge in [-0.05, 0) is 35.4 Å². The highest BCUT2D eigenvalue weighted by Gasteiger charge is 2.14. The Kier molecular flexibility index (Phi) is 6.07. The van der Waals surface area contributed by atoms with Crippen molar-refractivity contribution in [2.45, 2.75) is 17.3 Å². The van der Waals surface area contributed by atoms with Crippen molar-refractivity contribution in [3.05, 3.63) is 78.4 Å². The number of para-hydroxylation sites is 1. The van der Waals surface area contributed by atoms with E-state index in [1.165, 1.54) is 28.5 Å². The molecule has 1 heterocycles. The average molecular weight is 421 g/mol. The molecule has 29 heavy (non-hydrogen) atoms. The Bertz CT molecular complexity index is 1110. The summed E-state index contributed by atoms with van der Waals surface area (Å²) < 4.78 is 0.761. The van der Waals surface area contributed by atoms with Gasteiger partial charge in [0.15, 0.2) is 4.34 Å². The lowest BCUT2D eigenvalue weighted by Crippen LogP contribution is -2.28. The topological polar surface area (TPSA) is 66.9 Å². The minimum atomic E-state index is -0.0704. The minimum Gasteiger partial charge on any atom is -0.349 e. The predicted octanol–water partition coefficient (Wildman–Crippen LogP) is 5.40. The summed E-state index contributed by atoms with van der Waals surface area (Å²) in [6.07, 6.45) is 0. The first-order valence-electron chi connectivity index (χ1n) is 9.24. The lowest BCUT2D eigenvalue weighted by Gasteiger charge is -2.16. The van der Waals surface area contributed by atoms with E-state index in [4.69, 9.17) is 0 Å². The molecule has 0 fully saturated rings. The molecule has 0 radical (unpaired) electrons. The number of hydrogen-bond donors (Lipinski definition) is 2.